The number of nitrogens with zero attached hydrogens (tertiary/aromatic N) is 4. The fraction of sp³-hybridized carbons (Fsp3) is 0.800. The summed E-state index contributed by atoms with van der Waals surface area (Å²) in [4.78, 5) is 38.9. The minimum atomic E-state index is -1.35. The van der Waals surface area contributed by atoms with Gasteiger partial charge in [0.2, 0.25) is 0 Å². The first-order valence-corrected chi connectivity index (χ1v) is 8.16. The van der Waals surface area contributed by atoms with Gasteiger partial charge in [-0.2, -0.15) is 0 Å². The molecule has 10 heteroatoms. The van der Waals surface area contributed by atoms with Gasteiger partial charge in [0.05, 0.1) is 37.7 Å². The van der Waals surface area contributed by atoms with E-state index in [1.165, 1.54) is 0 Å². The SMILES string of the molecule is CN1CCN(C)CN(CC(=O)[O-])CC[N+](CC(=O)[O-])(CC(=O)[O-])CC1. The average molecular weight is 358 g/mol. The zero-order valence-corrected chi connectivity index (χ0v) is 14.8. The number of hydrogen-bond acceptors (Lipinski definition) is 9. The van der Waals surface area contributed by atoms with Gasteiger partial charge in [0.1, 0.15) is 13.1 Å². The molecule has 1 aliphatic rings. The lowest BCUT2D eigenvalue weighted by molar-refractivity contribution is -0.916. The molecule has 0 aliphatic carbocycles. The number of carboxylic acid groups (broad SMARTS) is 3. The standard InChI is InChI=1S/C15H28N4O6/c1-16-3-4-17(2)12-18(9-13(20)21)6-8-19(7-5-16,10-14(22)23)11-15(24)25/h3-12H2,1-2H3,(H2-,20,21,22,23,24,25)/p-2. The first kappa shape index (κ1) is 21.3. The zero-order chi connectivity index (χ0) is 19.0. The van der Waals surface area contributed by atoms with Gasteiger partial charge in [-0.3, -0.25) is 14.7 Å². The van der Waals surface area contributed by atoms with Crippen molar-refractivity contribution in [3.05, 3.63) is 0 Å². The van der Waals surface area contributed by atoms with E-state index in [1.807, 2.05) is 23.9 Å². The molecule has 0 N–H and O–H groups in total. The van der Waals surface area contributed by atoms with E-state index in [0.29, 0.717) is 32.8 Å². The normalized spacial score (nSPS) is 21.4. The lowest BCUT2D eigenvalue weighted by Crippen LogP contribution is -2.62. The van der Waals surface area contributed by atoms with E-state index in [1.54, 1.807) is 4.90 Å². The van der Waals surface area contributed by atoms with Crippen LogP contribution in [0.3, 0.4) is 0 Å². The molecule has 0 atom stereocenters. The summed E-state index contributed by atoms with van der Waals surface area (Å²) in [5.74, 6) is -3.93. The highest BCUT2D eigenvalue weighted by Crippen LogP contribution is 2.09. The molecule has 0 amide bonds. The third-order valence-electron chi connectivity index (χ3n) is 4.43. The smallest absolute Gasteiger partial charge is 0.119 e. The third-order valence-corrected chi connectivity index (χ3v) is 4.43. The fourth-order valence-corrected chi connectivity index (χ4v) is 3.02. The van der Waals surface area contributed by atoms with Gasteiger partial charge in [-0.15, -0.1) is 0 Å². The van der Waals surface area contributed by atoms with Crippen LogP contribution in [0, 0.1) is 0 Å². The Bertz CT molecular complexity index is 471. The van der Waals surface area contributed by atoms with Crippen LogP contribution >= 0.6 is 0 Å². The number of quaternary nitrogens is 1. The van der Waals surface area contributed by atoms with E-state index in [9.17, 15) is 29.7 Å². The van der Waals surface area contributed by atoms with Crippen molar-refractivity contribution in [1.29, 1.82) is 0 Å². The van der Waals surface area contributed by atoms with Crippen LogP contribution in [0.15, 0.2) is 0 Å². The molecule has 0 saturated carbocycles. The molecule has 0 unspecified atom stereocenters. The number of carbonyl (C=O) groups is 3. The summed E-state index contributed by atoms with van der Waals surface area (Å²) in [6.45, 7) is 1.70. The summed E-state index contributed by atoms with van der Waals surface area (Å²) in [6, 6.07) is 0. The Morgan fingerprint density at radius 1 is 0.800 bits per heavy atom. The lowest BCUT2D eigenvalue weighted by atomic mass is 10.2. The molecule has 0 radical (unpaired) electrons. The van der Waals surface area contributed by atoms with Crippen molar-refractivity contribution < 1.29 is 34.2 Å². The predicted molar refractivity (Wildman–Crippen MR) is 81.3 cm³/mol. The average Bonchev–Trinajstić information content (AvgIpc) is 2.48. The molecule has 1 fully saturated rings. The van der Waals surface area contributed by atoms with Crippen LogP contribution < -0.4 is 15.3 Å². The van der Waals surface area contributed by atoms with Gasteiger partial charge in [-0.25, -0.2) is 0 Å². The molecule has 1 heterocycles. The van der Waals surface area contributed by atoms with Crippen LogP contribution in [-0.4, -0.2) is 117 Å². The van der Waals surface area contributed by atoms with Crippen molar-refractivity contribution in [2.45, 2.75) is 0 Å². The van der Waals surface area contributed by atoms with Gasteiger partial charge < -0.3 is 34.2 Å². The largest absolute Gasteiger partial charge is 0.549 e. The zero-order valence-electron chi connectivity index (χ0n) is 14.8. The number of carbonyl (C=O) groups excluding carboxylic acids is 3. The molecule has 0 aromatic heterocycles. The number of carboxylic acids is 3. The van der Waals surface area contributed by atoms with Gasteiger partial charge in [-0.05, 0) is 14.1 Å². The second-order valence-electron chi connectivity index (χ2n) is 6.80. The molecule has 25 heavy (non-hydrogen) atoms. The van der Waals surface area contributed by atoms with E-state index in [-0.39, 0.29) is 24.1 Å². The lowest BCUT2D eigenvalue weighted by Gasteiger charge is -2.41. The quantitative estimate of drug-likeness (QED) is 0.426. The summed E-state index contributed by atoms with van der Waals surface area (Å²) in [6.07, 6.45) is 0. The van der Waals surface area contributed by atoms with Crippen LogP contribution in [0.5, 0.6) is 0 Å². The summed E-state index contributed by atoms with van der Waals surface area (Å²) >= 11 is 0. The molecule has 0 aromatic rings. The maximum Gasteiger partial charge on any atom is 0.119 e. The minimum absolute atomic E-state index is 0.164. The Balaban J connectivity index is 3.04. The highest BCUT2D eigenvalue weighted by atomic mass is 16.4. The van der Waals surface area contributed by atoms with Crippen molar-refractivity contribution in [3.8, 4) is 0 Å². The Morgan fingerprint density at radius 3 is 1.84 bits per heavy atom. The first-order valence-electron chi connectivity index (χ1n) is 8.16. The Labute approximate surface area is 147 Å². The van der Waals surface area contributed by atoms with E-state index in [0.717, 1.165) is 0 Å². The highest BCUT2D eigenvalue weighted by molar-refractivity contribution is 5.68. The van der Waals surface area contributed by atoms with Crippen LogP contribution in [0.25, 0.3) is 0 Å². The van der Waals surface area contributed by atoms with E-state index < -0.39 is 31.0 Å². The van der Waals surface area contributed by atoms with E-state index in [2.05, 4.69) is 0 Å². The van der Waals surface area contributed by atoms with Crippen molar-refractivity contribution in [2.75, 3.05) is 79.7 Å². The molecule has 0 aromatic carbocycles. The Hall–Kier alpha value is -1.75. The van der Waals surface area contributed by atoms with Crippen LogP contribution in [-0.2, 0) is 14.4 Å². The van der Waals surface area contributed by atoms with Gasteiger partial charge in [0.25, 0.3) is 0 Å². The summed E-state index contributed by atoms with van der Waals surface area (Å²) in [5.41, 5.74) is 0. The summed E-state index contributed by atoms with van der Waals surface area (Å²) < 4.78 is -0.248. The number of aliphatic carboxylic acids is 3. The number of hydrogen-bond donors (Lipinski definition) is 0. The molecule has 10 nitrogen and oxygen atoms in total. The second-order valence-corrected chi connectivity index (χ2v) is 6.80. The van der Waals surface area contributed by atoms with Gasteiger partial charge in [0.15, 0.2) is 0 Å². The molecular formula is C15H26N4O6-2. The highest BCUT2D eigenvalue weighted by Gasteiger charge is 2.30. The predicted octanol–water partition coefficient (Wildman–Crippen LogP) is -5.81. The molecule has 1 saturated heterocycles. The van der Waals surface area contributed by atoms with Gasteiger partial charge in [0, 0.05) is 32.7 Å². The van der Waals surface area contributed by atoms with Crippen LogP contribution in [0.2, 0.25) is 0 Å². The Morgan fingerprint density at radius 2 is 1.32 bits per heavy atom. The third kappa shape index (κ3) is 8.25. The topological polar surface area (TPSA) is 130 Å². The van der Waals surface area contributed by atoms with E-state index >= 15 is 0 Å². The van der Waals surface area contributed by atoms with Crippen molar-refractivity contribution in [1.82, 2.24) is 14.7 Å². The maximum atomic E-state index is 11.2. The van der Waals surface area contributed by atoms with Crippen LogP contribution in [0.1, 0.15) is 0 Å². The number of likely N-dealkylation sites (N-methyl/N-ethyl adjacent to an activating group) is 2. The molecule has 1 rings (SSSR count). The van der Waals surface area contributed by atoms with E-state index in [4.69, 9.17) is 0 Å². The fourth-order valence-electron chi connectivity index (χ4n) is 3.02. The molecular weight excluding hydrogens is 332 g/mol. The van der Waals surface area contributed by atoms with Crippen LogP contribution in [0.4, 0.5) is 0 Å². The van der Waals surface area contributed by atoms with Gasteiger partial charge in [-0.1, -0.05) is 0 Å². The number of rotatable bonds is 6. The maximum absolute atomic E-state index is 11.2. The second kappa shape index (κ2) is 9.66. The molecule has 0 bridgehead atoms. The van der Waals surface area contributed by atoms with Crippen molar-refractivity contribution >= 4 is 17.9 Å². The van der Waals surface area contributed by atoms with Crippen molar-refractivity contribution in [3.63, 3.8) is 0 Å². The monoisotopic (exact) mass is 358 g/mol. The molecule has 144 valence electrons. The molecule has 1 aliphatic heterocycles. The van der Waals surface area contributed by atoms with Gasteiger partial charge >= 0.3 is 0 Å². The molecule has 0 spiro atoms. The Kier molecular flexibility index (Phi) is 8.23. The van der Waals surface area contributed by atoms with Crippen molar-refractivity contribution in [2.24, 2.45) is 0 Å². The minimum Gasteiger partial charge on any atom is -0.549 e. The first-order chi connectivity index (χ1) is 11.6. The summed E-state index contributed by atoms with van der Waals surface area (Å²) in [5, 5.41) is 33.3. The summed E-state index contributed by atoms with van der Waals surface area (Å²) in [7, 11) is 3.73.